The van der Waals surface area contributed by atoms with Gasteiger partial charge < -0.3 is 10.4 Å². The summed E-state index contributed by atoms with van der Waals surface area (Å²) in [5.41, 5.74) is 0.466. The predicted molar refractivity (Wildman–Crippen MR) is 67.6 cm³/mol. The Labute approximate surface area is 106 Å². The van der Waals surface area contributed by atoms with Crippen LogP contribution in [0.3, 0.4) is 0 Å². The molecular weight excluding hydrogens is 232 g/mol. The van der Waals surface area contributed by atoms with Gasteiger partial charge in [-0.1, -0.05) is 20.8 Å². The van der Waals surface area contributed by atoms with Gasteiger partial charge in [0.15, 0.2) is 0 Å². The molecule has 0 bridgehead atoms. The lowest BCUT2D eigenvalue weighted by atomic mass is 9.92. The van der Waals surface area contributed by atoms with Crippen molar-refractivity contribution in [2.45, 2.75) is 27.2 Å². The molecule has 0 atom stereocenters. The molecule has 5 heteroatoms. The molecule has 0 saturated heterocycles. The van der Waals surface area contributed by atoms with Crippen LogP contribution in [0.5, 0.6) is 0 Å². The summed E-state index contributed by atoms with van der Waals surface area (Å²) in [7, 11) is 0. The van der Waals surface area contributed by atoms with Crippen LogP contribution in [0.15, 0.2) is 18.3 Å². The van der Waals surface area contributed by atoms with E-state index in [0.717, 1.165) is 6.42 Å². The van der Waals surface area contributed by atoms with Crippen LogP contribution in [-0.2, 0) is 0 Å². The van der Waals surface area contributed by atoms with Crippen LogP contribution < -0.4 is 5.32 Å². The first kappa shape index (κ1) is 14.2. The van der Waals surface area contributed by atoms with Crippen molar-refractivity contribution in [3.05, 3.63) is 29.6 Å². The second-order valence-corrected chi connectivity index (χ2v) is 5.30. The number of hydrogen-bond acceptors (Lipinski definition) is 3. The first-order chi connectivity index (χ1) is 8.29. The zero-order valence-electron chi connectivity index (χ0n) is 10.9. The van der Waals surface area contributed by atoms with Crippen LogP contribution in [0.2, 0.25) is 0 Å². The van der Waals surface area contributed by atoms with Gasteiger partial charge in [0.1, 0.15) is 5.69 Å². The van der Waals surface area contributed by atoms with E-state index in [1.807, 2.05) is 0 Å². The molecule has 0 fully saturated rings. The highest BCUT2D eigenvalue weighted by Gasteiger charge is 2.12. The van der Waals surface area contributed by atoms with E-state index in [4.69, 9.17) is 5.11 Å². The van der Waals surface area contributed by atoms with Gasteiger partial charge in [-0.3, -0.25) is 4.79 Å². The van der Waals surface area contributed by atoms with Gasteiger partial charge in [0.05, 0.1) is 5.56 Å². The highest BCUT2D eigenvalue weighted by atomic mass is 16.4. The summed E-state index contributed by atoms with van der Waals surface area (Å²) >= 11 is 0. The minimum Gasteiger partial charge on any atom is -0.477 e. The van der Waals surface area contributed by atoms with E-state index in [1.165, 1.54) is 18.3 Å². The van der Waals surface area contributed by atoms with Gasteiger partial charge in [0.2, 0.25) is 0 Å². The largest absolute Gasteiger partial charge is 0.477 e. The molecule has 0 aromatic carbocycles. The van der Waals surface area contributed by atoms with Crippen LogP contribution >= 0.6 is 0 Å². The molecule has 18 heavy (non-hydrogen) atoms. The van der Waals surface area contributed by atoms with Crippen LogP contribution in [-0.4, -0.2) is 28.5 Å². The molecule has 1 amide bonds. The van der Waals surface area contributed by atoms with Crippen LogP contribution in [0.25, 0.3) is 0 Å². The summed E-state index contributed by atoms with van der Waals surface area (Å²) in [6, 6.07) is 2.78. The first-order valence-electron chi connectivity index (χ1n) is 5.77. The van der Waals surface area contributed by atoms with E-state index in [1.54, 1.807) is 0 Å². The second-order valence-electron chi connectivity index (χ2n) is 5.30. The van der Waals surface area contributed by atoms with Crippen molar-refractivity contribution in [1.29, 1.82) is 0 Å². The molecular formula is C13H18N2O3. The molecule has 0 spiro atoms. The molecule has 1 heterocycles. The van der Waals surface area contributed by atoms with E-state index in [2.05, 4.69) is 31.1 Å². The Bertz CT molecular complexity index is 433. The fourth-order valence-corrected chi connectivity index (χ4v) is 1.31. The predicted octanol–water partition coefficient (Wildman–Crippen LogP) is 1.95. The molecule has 0 aliphatic heterocycles. The van der Waals surface area contributed by atoms with E-state index in [-0.39, 0.29) is 17.0 Å². The van der Waals surface area contributed by atoms with Gasteiger partial charge in [-0.05, 0) is 24.0 Å². The minimum atomic E-state index is -1.10. The lowest BCUT2D eigenvalue weighted by Crippen LogP contribution is -2.27. The van der Waals surface area contributed by atoms with Crippen molar-refractivity contribution in [3.8, 4) is 0 Å². The molecule has 1 rings (SSSR count). The van der Waals surface area contributed by atoms with Gasteiger partial charge in [-0.15, -0.1) is 0 Å². The number of amides is 1. The second kappa shape index (κ2) is 5.62. The number of carbonyl (C=O) groups excluding carboxylic acids is 1. The van der Waals surface area contributed by atoms with Gasteiger partial charge in [0, 0.05) is 12.7 Å². The maximum absolute atomic E-state index is 11.7. The van der Waals surface area contributed by atoms with Crippen molar-refractivity contribution >= 4 is 11.9 Å². The Morgan fingerprint density at radius 1 is 1.33 bits per heavy atom. The molecule has 0 unspecified atom stereocenters. The van der Waals surface area contributed by atoms with Gasteiger partial charge in [0.25, 0.3) is 5.91 Å². The van der Waals surface area contributed by atoms with Crippen LogP contribution in [0.4, 0.5) is 0 Å². The van der Waals surface area contributed by atoms with Gasteiger partial charge in [-0.25, -0.2) is 9.78 Å². The Balaban J connectivity index is 2.54. The molecule has 0 saturated carbocycles. The average molecular weight is 250 g/mol. The van der Waals surface area contributed by atoms with Crippen LogP contribution in [0, 0.1) is 5.41 Å². The summed E-state index contributed by atoms with van der Waals surface area (Å²) in [6.45, 7) is 6.89. The van der Waals surface area contributed by atoms with E-state index in [0.29, 0.717) is 12.1 Å². The number of pyridine rings is 1. The SMILES string of the molecule is CC(C)(C)CCNC(=O)c1ccc(C(=O)O)nc1. The smallest absolute Gasteiger partial charge is 0.354 e. The van der Waals surface area contributed by atoms with Crippen molar-refractivity contribution < 1.29 is 14.7 Å². The summed E-state index contributed by atoms with van der Waals surface area (Å²) < 4.78 is 0. The third-order valence-corrected chi connectivity index (χ3v) is 2.41. The minimum absolute atomic E-state index is 0.0683. The zero-order valence-corrected chi connectivity index (χ0v) is 10.9. The normalized spacial score (nSPS) is 11.1. The number of rotatable bonds is 4. The molecule has 0 aliphatic rings. The highest BCUT2D eigenvalue weighted by molar-refractivity contribution is 5.94. The Hall–Kier alpha value is -1.91. The molecule has 5 nitrogen and oxygen atoms in total. The Morgan fingerprint density at radius 2 is 2.00 bits per heavy atom. The lowest BCUT2D eigenvalue weighted by molar-refractivity contribution is 0.0689. The average Bonchev–Trinajstić information content (AvgIpc) is 2.27. The molecule has 0 aliphatic carbocycles. The first-order valence-corrected chi connectivity index (χ1v) is 5.77. The number of aromatic carboxylic acids is 1. The number of hydrogen-bond donors (Lipinski definition) is 2. The van der Waals surface area contributed by atoms with Crippen molar-refractivity contribution in [3.63, 3.8) is 0 Å². The summed E-state index contributed by atoms with van der Waals surface area (Å²) in [4.78, 5) is 26.0. The van der Waals surface area contributed by atoms with E-state index >= 15 is 0 Å². The molecule has 0 radical (unpaired) electrons. The summed E-state index contributed by atoms with van der Waals surface area (Å²) in [5, 5.41) is 11.5. The number of nitrogens with one attached hydrogen (secondary N) is 1. The standard InChI is InChI=1S/C13H18N2O3/c1-13(2,3)6-7-14-11(16)9-4-5-10(12(17)18)15-8-9/h4-5,8H,6-7H2,1-3H3,(H,14,16)(H,17,18). The maximum Gasteiger partial charge on any atom is 0.354 e. The highest BCUT2D eigenvalue weighted by Crippen LogP contribution is 2.17. The molecule has 98 valence electrons. The van der Waals surface area contributed by atoms with Gasteiger partial charge in [-0.2, -0.15) is 0 Å². The summed E-state index contributed by atoms with van der Waals surface area (Å²) in [6.07, 6.45) is 2.15. The fraction of sp³-hybridized carbons (Fsp3) is 0.462. The maximum atomic E-state index is 11.7. The third-order valence-electron chi connectivity index (χ3n) is 2.41. The van der Waals surface area contributed by atoms with Crippen molar-refractivity contribution in [2.24, 2.45) is 5.41 Å². The zero-order chi connectivity index (χ0) is 13.8. The number of carboxylic acid groups (broad SMARTS) is 1. The topological polar surface area (TPSA) is 79.3 Å². The van der Waals surface area contributed by atoms with Crippen molar-refractivity contribution in [2.75, 3.05) is 6.54 Å². The van der Waals surface area contributed by atoms with E-state index < -0.39 is 5.97 Å². The molecule has 1 aromatic heterocycles. The quantitative estimate of drug-likeness (QED) is 0.856. The van der Waals surface area contributed by atoms with Crippen molar-refractivity contribution in [1.82, 2.24) is 10.3 Å². The molecule has 2 N–H and O–H groups in total. The number of carboxylic acids is 1. The van der Waals surface area contributed by atoms with E-state index in [9.17, 15) is 9.59 Å². The van der Waals surface area contributed by atoms with Gasteiger partial charge >= 0.3 is 5.97 Å². The lowest BCUT2D eigenvalue weighted by Gasteiger charge is -2.17. The number of carbonyl (C=O) groups is 2. The number of nitrogens with zero attached hydrogens (tertiary/aromatic N) is 1. The Kier molecular flexibility index (Phi) is 4.42. The fourth-order valence-electron chi connectivity index (χ4n) is 1.31. The Morgan fingerprint density at radius 3 is 2.44 bits per heavy atom. The monoisotopic (exact) mass is 250 g/mol. The molecule has 1 aromatic rings. The van der Waals surface area contributed by atoms with Crippen LogP contribution in [0.1, 0.15) is 48.0 Å². The third kappa shape index (κ3) is 4.53. The summed E-state index contributed by atoms with van der Waals surface area (Å²) in [5.74, 6) is -1.33. The number of aromatic nitrogens is 1.